The van der Waals surface area contributed by atoms with Crippen LogP contribution in [0.15, 0.2) is 0 Å². The maximum Gasteiger partial charge on any atom is 0.482 e. The first-order valence-corrected chi connectivity index (χ1v) is 13.3. The topological polar surface area (TPSA) is 245 Å². The van der Waals surface area contributed by atoms with Crippen molar-refractivity contribution in [3.8, 4) is 0 Å². The van der Waals surface area contributed by atoms with Crippen LogP contribution in [0.1, 0.15) is 0 Å². The van der Waals surface area contributed by atoms with Crippen molar-refractivity contribution in [3.63, 3.8) is 0 Å². The Hall–Kier alpha value is 3.02. The van der Waals surface area contributed by atoms with E-state index in [2.05, 4.69) is 25.9 Å². The molecule has 0 rings (SSSR count). The maximum atomic E-state index is 10.6. The summed E-state index contributed by atoms with van der Waals surface area (Å²) in [4.78, 5) is 45.2. The molecule has 0 radical (unpaired) electrons. The molecule has 16 nitrogen and oxygen atoms in total. The Labute approximate surface area is 162 Å². The van der Waals surface area contributed by atoms with Crippen molar-refractivity contribution in [1.82, 2.24) is 0 Å². The van der Waals surface area contributed by atoms with Crippen LogP contribution < -0.4 is 0 Å². The van der Waals surface area contributed by atoms with E-state index in [0.717, 1.165) is 0 Å². The quantitative estimate of drug-likeness (QED) is 0.240. The molecule has 0 fully saturated rings. The van der Waals surface area contributed by atoms with E-state index < -0.39 is 31.3 Å². The van der Waals surface area contributed by atoms with Crippen molar-refractivity contribution in [2.45, 2.75) is 0 Å². The van der Waals surface area contributed by atoms with Gasteiger partial charge in [-0.2, -0.15) is 0 Å². The lowest BCUT2D eigenvalue weighted by molar-refractivity contribution is 0.275. The minimum absolute atomic E-state index is 1.46. The van der Waals surface area contributed by atoms with E-state index in [4.69, 9.17) is 33.9 Å². The van der Waals surface area contributed by atoms with Crippen molar-refractivity contribution in [2.75, 3.05) is 0 Å². The zero-order valence-corrected chi connectivity index (χ0v) is 22.5. The standard InChI is InChI=1S/H6O4P4.H5O4P3.H4O4P2.H3O4P/c1-8(2-5,3-6)4-7;1-7(2,3-5)4-6;1-6(2,3)4-5;1-5(2,3)4/h5-7H2;5-6H2,(H,1,2);5H2,(H2,1,2,3);(H3,1,2,3,4). The predicted molar refractivity (Wildman–Crippen MR) is 109 cm³/mol. The zero-order chi connectivity index (χ0) is 22.2. The Bertz CT molecular complexity index is 462. The molecule has 0 aliphatic heterocycles. The minimum Gasteiger partial charge on any atom is -0.303 e. The van der Waals surface area contributed by atoms with E-state index in [1.807, 2.05) is 0 Å². The van der Waals surface area contributed by atoms with Crippen LogP contribution in [0.25, 0.3) is 0 Å². The van der Waals surface area contributed by atoms with Gasteiger partial charge in [-0.25, -0.2) is 18.3 Å². The summed E-state index contributed by atoms with van der Waals surface area (Å²) >= 11 is 0. The Morgan fingerprint density at radius 2 is 0.692 bits per heavy atom. The summed E-state index contributed by atoms with van der Waals surface area (Å²) < 4.78 is 62.9. The Morgan fingerprint density at radius 1 is 0.500 bits per heavy atom. The van der Waals surface area contributed by atoms with Crippen molar-refractivity contribution < 1.29 is 73.5 Å². The second kappa shape index (κ2) is 18.8. The van der Waals surface area contributed by atoms with Gasteiger partial charge in [-0.1, -0.05) is 0 Å². The molecule has 0 aliphatic carbocycles. The lowest BCUT2D eigenvalue weighted by Gasteiger charge is -2.07. The van der Waals surface area contributed by atoms with Crippen LogP contribution >= 0.6 is 88.1 Å². The summed E-state index contributed by atoms with van der Waals surface area (Å²) in [6.45, 7) is 0. The predicted octanol–water partition coefficient (Wildman–Crippen LogP) is 1.17. The van der Waals surface area contributed by atoms with Crippen LogP contribution in [0, 0.1) is 0 Å². The molecular weight excluding hydrogens is 566 g/mol. The van der Waals surface area contributed by atoms with Gasteiger partial charge in [-0.3, -0.25) is 25.9 Å². The van der Waals surface area contributed by atoms with Gasteiger partial charge in [0.2, 0.25) is 0 Å². The molecule has 164 valence electrons. The van der Waals surface area contributed by atoms with Crippen molar-refractivity contribution in [1.29, 1.82) is 0 Å². The highest BCUT2D eigenvalue weighted by Crippen LogP contribution is 2.54. The number of hydrogen-bond acceptors (Lipinski definition) is 10. The largest absolute Gasteiger partial charge is 0.482 e. The second-order valence-electron chi connectivity index (χ2n) is 2.55. The van der Waals surface area contributed by atoms with Crippen LogP contribution in [-0.2, 0) is 44.1 Å². The zero-order valence-electron chi connectivity index (χ0n) is 12.0. The third kappa shape index (κ3) is 41.4. The Balaban J connectivity index is -0.000000126. The third-order valence-electron chi connectivity index (χ3n) is 0.791. The normalized spacial score (nSPS) is 11.8. The van der Waals surface area contributed by atoms with E-state index >= 15 is 0 Å². The second-order valence-corrected chi connectivity index (χ2v) is 11.5. The molecule has 0 aromatic rings. The maximum absolute atomic E-state index is 10.6. The van der Waals surface area contributed by atoms with Gasteiger partial charge in [0.25, 0.3) is 0 Å². The fourth-order valence-corrected chi connectivity index (χ4v) is 2.68. The van der Waals surface area contributed by atoms with Crippen molar-refractivity contribution in [2.24, 2.45) is 0 Å². The third-order valence-corrected chi connectivity index (χ3v) is 7.12. The van der Waals surface area contributed by atoms with Gasteiger partial charge >= 0.3 is 31.3 Å². The van der Waals surface area contributed by atoms with Gasteiger partial charge in [0.05, 0.1) is 0 Å². The van der Waals surface area contributed by atoms with Gasteiger partial charge in [-0.05, 0) is 0 Å². The average Bonchev–Trinajstić information content (AvgIpc) is 2.53. The van der Waals surface area contributed by atoms with Crippen LogP contribution in [0.5, 0.6) is 0 Å². The van der Waals surface area contributed by atoms with Crippen LogP contribution in [0.2, 0.25) is 0 Å². The summed E-state index contributed by atoms with van der Waals surface area (Å²) in [6.07, 6.45) is 0. The van der Waals surface area contributed by atoms with E-state index in [1.165, 1.54) is 9.47 Å². The highest BCUT2D eigenvalue weighted by Gasteiger charge is 2.19. The summed E-state index contributed by atoms with van der Waals surface area (Å²) in [7, 11) is -5.81. The SMILES string of the molecule is O=P(O)(O)O.O=P(O)(O)OP.O=P(O)(OP)OP.O=P(OP)(OP)OP. The molecule has 0 bridgehead atoms. The molecule has 26 heteroatoms. The summed E-state index contributed by atoms with van der Waals surface area (Å²) in [6, 6.07) is 0. The lowest BCUT2D eigenvalue weighted by Crippen LogP contribution is -1.75. The highest BCUT2D eigenvalue weighted by molar-refractivity contribution is 7.59. The molecule has 0 spiro atoms. The summed E-state index contributed by atoms with van der Waals surface area (Å²) in [5, 5.41) is 0. The minimum atomic E-state index is -4.64. The molecule has 0 heterocycles. The van der Waals surface area contributed by atoms with Gasteiger partial charge in [-0.15, -0.1) is 0 Å². The summed E-state index contributed by atoms with van der Waals surface area (Å²) in [5.41, 5.74) is 0. The van der Waals surface area contributed by atoms with Gasteiger partial charge in [0.1, 0.15) is 0 Å². The van der Waals surface area contributed by atoms with Gasteiger partial charge < -0.3 is 29.4 Å². The first-order chi connectivity index (χ1) is 11.4. The average molecular weight is 584 g/mol. The molecule has 0 aromatic heterocycles. The van der Waals surface area contributed by atoms with E-state index in [0.29, 0.717) is 0 Å². The van der Waals surface area contributed by atoms with Crippen LogP contribution in [0.4, 0.5) is 0 Å². The fraction of sp³-hybridized carbons (Fsp3) is 0. The summed E-state index contributed by atoms with van der Waals surface area (Å²) in [5.74, 6) is 0. The van der Waals surface area contributed by atoms with E-state index in [1.54, 1.807) is 47.3 Å². The van der Waals surface area contributed by atoms with E-state index in [-0.39, 0.29) is 0 Å². The number of phosphoric acid groups is 4. The Kier molecular flexibility index (Phi) is 26.3. The molecule has 26 heavy (non-hydrogen) atoms. The Morgan fingerprint density at radius 3 is 0.692 bits per heavy atom. The smallest absolute Gasteiger partial charge is 0.303 e. The first kappa shape index (κ1) is 36.4. The molecule has 0 saturated carbocycles. The van der Waals surface area contributed by atoms with E-state index in [9.17, 15) is 13.7 Å². The van der Waals surface area contributed by atoms with Crippen molar-refractivity contribution in [3.05, 3.63) is 0 Å². The van der Waals surface area contributed by atoms with Crippen molar-refractivity contribution >= 4 is 88.1 Å². The molecule has 0 aromatic carbocycles. The van der Waals surface area contributed by atoms with Gasteiger partial charge in [0.15, 0.2) is 0 Å². The first-order valence-electron chi connectivity index (χ1n) is 4.44. The molecule has 0 aliphatic rings. The fourth-order valence-electron chi connectivity index (χ4n) is 0.0994. The lowest BCUT2D eigenvalue weighted by atomic mass is 15.7. The monoisotopic (exact) mass is 584 g/mol. The molecule has 6 atom stereocenters. The highest BCUT2D eigenvalue weighted by atomic mass is 31.3. The molecule has 6 N–H and O–H groups in total. The van der Waals surface area contributed by atoms with Crippen LogP contribution in [0.3, 0.4) is 0 Å². The number of rotatable bonds is 6. The molecule has 0 amide bonds. The van der Waals surface area contributed by atoms with Gasteiger partial charge in [0, 0.05) is 56.8 Å². The van der Waals surface area contributed by atoms with Crippen LogP contribution in [-0.4, -0.2) is 29.4 Å². The number of hydrogen-bond donors (Lipinski definition) is 6. The molecule has 0 saturated heterocycles. The molecular formula is H18O16P10. The molecule has 6 unspecified atom stereocenters.